The highest BCUT2D eigenvalue weighted by Crippen LogP contribution is 2.31. The summed E-state index contributed by atoms with van der Waals surface area (Å²) >= 11 is 3.06. The van der Waals surface area contributed by atoms with Gasteiger partial charge in [-0.25, -0.2) is 8.78 Å². The molecule has 2 atom stereocenters. The minimum absolute atomic E-state index is 0.142. The average Bonchev–Trinajstić information content (AvgIpc) is 2.26. The van der Waals surface area contributed by atoms with Gasteiger partial charge in [-0.3, -0.25) is 0 Å². The van der Waals surface area contributed by atoms with Gasteiger partial charge in [0.2, 0.25) is 0 Å². The Balaban J connectivity index is 3.00. The summed E-state index contributed by atoms with van der Waals surface area (Å²) in [6.07, 6.45) is 1.99. The fraction of sp³-hybridized carbons (Fsp3) is 0.500. The van der Waals surface area contributed by atoms with Crippen molar-refractivity contribution in [1.29, 1.82) is 0 Å². The molecule has 0 radical (unpaired) electrons. The highest BCUT2D eigenvalue weighted by molar-refractivity contribution is 9.10. The van der Waals surface area contributed by atoms with Crippen molar-refractivity contribution < 1.29 is 8.78 Å². The van der Waals surface area contributed by atoms with Crippen LogP contribution in [0.1, 0.15) is 38.3 Å². The molecule has 0 aromatic heterocycles. The van der Waals surface area contributed by atoms with E-state index < -0.39 is 11.6 Å². The molecule has 1 aromatic carbocycles. The average molecular weight is 292 g/mol. The van der Waals surface area contributed by atoms with Crippen LogP contribution in [0.5, 0.6) is 0 Å². The number of halogens is 3. The third-order valence-electron chi connectivity index (χ3n) is 2.78. The zero-order valence-corrected chi connectivity index (χ0v) is 11.0. The van der Waals surface area contributed by atoms with E-state index >= 15 is 0 Å². The Hall–Kier alpha value is -0.480. The van der Waals surface area contributed by atoms with E-state index in [1.165, 1.54) is 0 Å². The summed E-state index contributed by atoms with van der Waals surface area (Å²) in [5, 5.41) is 0. The SMILES string of the molecule is CCCC(C)C(N)c1ccc(F)c(F)c1Br. The van der Waals surface area contributed by atoms with Crippen LogP contribution in [0.3, 0.4) is 0 Å². The summed E-state index contributed by atoms with van der Waals surface area (Å²) in [5.41, 5.74) is 6.65. The fourth-order valence-electron chi connectivity index (χ4n) is 1.74. The van der Waals surface area contributed by atoms with Crippen molar-refractivity contribution in [2.45, 2.75) is 32.7 Å². The molecular formula is C12H16BrF2N. The number of nitrogens with two attached hydrogens (primary N) is 1. The number of benzene rings is 1. The van der Waals surface area contributed by atoms with Crippen molar-refractivity contribution in [2.24, 2.45) is 11.7 Å². The summed E-state index contributed by atoms with van der Waals surface area (Å²) < 4.78 is 26.4. The van der Waals surface area contributed by atoms with Crippen LogP contribution in [0.4, 0.5) is 8.78 Å². The van der Waals surface area contributed by atoms with Crippen molar-refractivity contribution in [1.82, 2.24) is 0 Å². The maximum atomic E-state index is 13.3. The smallest absolute Gasteiger partial charge is 0.173 e. The van der Waals surface area contributed by atoms with Gasteiger partial charge in [-0.15, -0.1) is 0 Å². The van der Waals surface area contributed by atoms with Crippen molar-refractivity contribution in [2.75, 3.05) is 0 Å². The third-order valence-corrected chi connectivity index (χ3v) is 3.59. The molecule has 0 heterocycles. The van der Waals surface area contributed by atoms with Crippen molar-refractivity contribution in [3.05, 3.63) is 33.8 Å². The van der Waals surface area contributed by atoms with E-state index in [9.17, 15) is 8.78 Å². The van der Waals surface area contributed by atoms with Crippen LogP contribution in [0, 0.1) is 17.6 Å². The lowest BCUT2D eigenvalue weighted by Crippen LogP contribution is -2.20. The second kappa shape index (κ2) is 5.73. The van der Waals surface area contributed by atoms with Gasteiger partial charge in [0, 0.05) is 6.04 Å². The minimum atomic E-state index is -0.864. The zero-order valence-electron chi connectivity index (χ0n) is 9.43. The molecule has 0 saturated carbocycles. The normalized spacial score (nSPS) is 14.9. The quantitative estimate of drug-likeness (QED) is 0.828. The van der Waals surface area contributed by atoms with E-state index in [0.29, 0.717) is 5.56 Å². The Labute approximate surface area is 103 Å². The van der Waals surface area contributed by atoms with Gasteiger partial charge < -0.3 is 5.73 Å². The van der Waals surface area contributed by atoms with Gasteiger partial charge in [-0.2, -0.15) is 0 Å². The summed E-state index contributed by atoms with van der Waals surface area (Å²) in [6, 6.07) is 2.39. The van der Waals surface area contributed by atoms with Gasteiger partial charge in [0.25, 0.3) is 0 Å². The summed E-state index contributed by atoms with van der Waals surface area (Å²) in [5.74, 6) is -1.48. The molecular weight excluding hydrogens is 276 g/mol. The minimum Gasteiger partial charge on any atom is -0.324 e. The second-order valence-corrected chi connectivity index (χ2v) is 4.85. The Morgan fingerprint density at radius 1 is 1.38 bits per heavy atom. The van der Waals surface area contributed by atoms with Gasteiger partial charge in [0.15, 0.2) is 11.6 Å². The van der Waals surface area contributed by atoms with Crippen molar-refractivity contribution >= 4 is 15.9 Å². The summed E-state index contributed by atoms with van der Waals surface area (Å²) in [7, 11) is 0. The van der Waals surface area contributed by atoms with Crippen molar-refractivity contribution in [3.63, 3.8) is 0 Å². The van der Waals surface area contributed by atoms with E-state index in [-0.39, 0.29) is 16.4 Å². The Kier molecular flexibility index (Phi) is 4.87. The molecule has 0 fully saturated rings. The lowest BCUT2D eigenvalue weighted by atomic mass is 9.92. The van der Waals surface area contributed by atoms with Crippen LogP contribution in [0.15, 0.2) is 16.6 Å². The van der Waals surface area contributed by atoms with E-state index in [0.717, 1.165) is 18.9 Å². The Morgan fingerprint density at radius 2 is 2.00 bits per heavy atom. The first-order valence-electron chi connectivity index (χ1n) is 5.38. The predicted molar refractivity (Wildman–Crippen MR) is 65.1 cm³/mol. The number of hydrogen-bond acceptors (Lipinski definition) is 1. The molecule has 4 heteroatoms. The van der Waals surface area contributed by atoms with Gasteiger partial charge >= 0.3 is 0 Å². The van der Waals surface area contributed by atoms with Crippen LogP contribution >= 0.6 is 15.9 Å². The maximum Gasteiger partial charge on any atom is 0.173 e. The van der Waals surface area contributed by atoms with E-state index in [4.69, 9.17) is 5.73 Å². The highest BCUT2D eigenvalue weighted by atomic mass is 79.9. The first kappa shape index (κ1) is 13.6. The molecule has 2 unspecified atom stereocenters. The number of hydrogen-bond donors (Lipinski definition) is 1. The molecule has 2 N–H and O–H groups in total. The molecule has 16 heavy (non-hydrogen) atoms. The number of rotatable bonds is 4. The highest BCUT2D eigenvalue weighted by Gasteiger charge is 2.20. The molecule has 0 spiro atoms. The largest absolute Gasteiger partial charge is 0.324 e. The first-order chi connectivity index (χ1) is 7.49. The molecule has 0 bridgehead atoms. The molecule has 0 aliphatic rings. The van der Waals surface area contributed by atoms with E-state index in [1.54, 1.807) is 6.07 Å². The maximum absolute atomic E-state index is 13.3. The topological polar surface area (TPSA) is 26.0 Å². The third kappa shape index (κ3) is 2.80. The van der Waals surface area contributed by atoms with Crippen LogP contribution in [-0.2, 0) is 0 Å². The van der Waals surface area contributed by atoms with Gasteiger partial charge in [-0.1, -0.05) is 26.3 Å². The summed E-state index contributed by atoms with van der Waals surface area (Å²) in [6.45, 7) is 4.09. The molecule has 1 nitrogen and oxygen atoms in total. The van der Waals surface area contributed by atoms with Crippen LogP contribution < -0.4 is 5.73 Å². The molecule has 1 rings (SSSR count). The molecule has 0 aliphatic heterocycles. The molecule has 0 saturated heterocycles. The van der Waals surface area contributed by atoms with E-state index in [1.807, 2.05) is 6.92 Å². The summed E-state index contributed by atoms with van der Waals surface area (Å²) in [4.78, 5) is 0. The lowest BCUT2D eigenvalue weighted by Gasteiger charge is -2.21. The zero-order chi connectivity index (χ0) is 12.3. The molecule has 1 aromatic rings. The van der Waals surface area contributed by atoms with Crippen LogP contribution in [-0.4, -0.2) is 0 Å². The second-order valence-electron chi connectivity index (χ2n) is 4.06. The Morgan fingerprint density at radius 3 is 2.56 bits per heavy atom. The van der Waals surface area contributed by atoms with Crippen LogP contribution in [0.2, 0.25) is 0 Å². The van der Waals surface area contributed by atoms with Gasteiger partial charge in [0.05, 0.1) is 4.47 Å². The van der Waals surface area contributed by atoms with Crippen molar-refractivity contribution in [3.8, 4) is 0 Å². The standard InChI is InChI=1S/C12H16BrF2N/c1-3-4-7(2)12(16)8-5-6-9(14)11(15)10(8)13/h5-7,12H,3-4,16H2,1-2H3. The predicted octanol–water partition coefficient (Wildman–Crippen LogP) is 4.16. The molecule has 0 amide bonds. The van der Waals surface area contributed by atoms with Gasteiger partial charge in [-0.05, 0) is 39.9 Å². The van der Waals surface area contributed by atoms with E-state index in [2.05, 4.69) is 22.9 Å². The first-order valence-corrected chi connectivity index (χ1v) is 6.17. The fourth-order valence-corrected chi connectivity index (χ4v) is 2.33. The lowest BCUT2D eigenvalue weighted by molar-refractivity contribution is 0.427. The monoisotopic (exact) mass is 291 g/mol. The molecule has 90 valence electrons. The van der Waals surface area contributed by atoms with Crippen LogP contribution in [0.25, 0.3) is 0 Å². The van der Waals surface area contributed by atoms with Gasteiger partial charge in [0.1, 0.15) is 0 Å². The molecule has 0 aliphatic carbocycles. The Bertz CT molecular complexity index is 368.